The molecule has 27 heavy (non-hydrogen) atoms. The maximum atomic E-state index is 13.0. The second-order valence-electron chi connectivity index (χ2n) is 8.18. The van der Waals surface area contributed by atoms with Crippen molar-refractivity contribution in [3.8, 4) is 0 Å². The van der Waals surface area contributed by atoms with Gasteiger partial charge in [0, 0.05) is 64.1 Å². The molecule has 1 aromatic rings. The molecule has 0 aromatic carbocycles. The molecule has 2 aliphatic heterocycles. The minimum absolute atomic E-state index is 0.0903. The molecular formula is C21H30N4O2. The standard InChI is InChI=1S/C21H30N4O2/c26-20-14-18(16-25(20)15-17-6-8-22-9-7-17)21(27)24-11-3-10-23(12-13-24)19-4-1-2-5-19/h6-9,18-19H,1-5,10-16H2. The first kappa shape index (κ1) is 18.4. The van der Waals surface area contributed by atoms with E-state index in [0.717, 1.165) is 44.2 Å². The quantitative estimate of drug-likeness (QED) is 0.812. The first-order valence-corrected chi connectivity index (χ1v) is 10.4. The zero-order chi connectivity index (χ0) is 18.6. The summed E-state index contributed by atoms with van der Waals surface area (Å²) in [6.45, 7) is 4.84. The third-order valence-electron chi connectivity index (χ3n) is 6.37. The van der Waals surface area contributed by atoms with E-state index < -0.39 is 0 Å². The van der Waals surface area contributed by atoms with E-state index in [2.05, 4.69) is 9.88 Å². The Labute approximate surface area is 161 Å². The van der Waals surface area contributed by atoms with Crippen LogP contribution in [-0.4, -0.2) is 70.3 Å². The topological polar surface area (TPSA) is 56.8 Å². The molecule has 3 heterocycles. The van der Waals surface area contributed by atoms with Gasteiger partial charge in [0.05, 0.1) is 5.92 Å². The van der Waals surface area contributed by atoms with Crippen LogP contribution >= 0.6 is 0 Å². The van der Waals surface area contributed by atoms with E-state index in [4.69, 9.17) is 0 Å². The van der Waals surface area contributed by atoms with Crippen LogP contribution in [0.25, 0.3) is 0 Å². The van der Waals surface area contributed by atoms with Crippen LogP contribution < -0.4 is 0 Å². The Kier molecular flexibility index (Phi) is 5.72. The summed E-state index contributed by atoms with van der Waals surface area (Å²) in [6, 6.07) is 4.58. The van der Waals surface area contributed by atoms with E-state index in [0.29, 0.717) is 19.5 Å². The molecule has 3 fully saturated rings. The van der Waals surface area contributed by atoms with E-state index in [-0.39, 0.29) is 17.7 Å². The fraction of sp³-hybridized carbons (Fsp3) is 0.667. The lowest BCUT2D eigenvalue weighted by atomic mass is 10.1. The van der Waals surface area contributed by atoms with Crippen LogP contribution in [0.1, 0.15) is 44.1 Å². The van der Waals surface area contributed by atoms with Crippen molar-refractivity contribution < 1.29 is 9.59 Å². The van der Waals surface area contributed by atoms with Gasteiger partial charge in [0.25, 0.3) is 0 Å². The van der Waals surface area contributed by atoms with Gasteiger partial charge in [-0.15, -0.1) is 0 Å². The van der Waals surface area contributed by atoms with Crippen molar-refractivity contribution in [3.05, 3.63) is 30.1 Å². The third-order valence-corrected chi connectivity index (χ3v) is 6.37. The van der Waals surface area contributed by atoms with Crippen molar-refractivity contribution in [2.75, 3.05) is 32.7 Å². The third kappa shape index (κ3) is 4.32. The second-order valence-corrected chi connectivity index (χ2v) is 8.18. The molecule has 6 heteroatoms. The fourth-order valence-corrected chi connectivity index (χ4v) is 4.85. The summed E-state index contributed by atoms with van der Waals surface area (Å²) >= 11 is 0. The van der Waals surface area contributed by atoms with E-state index in [1.54, 1.807) is 12.4 Å². The lowest BCUT2D eigenvalue weighted by Crippen LogP contribution is -2.41. The molecule has 6 nitrogen and oxygen atoms in total. The molecule has 0 N–H and O–H groups in total. The van der Waals surface area contributed by atoms with Crippen LogP contribution in [0.5, 0.6) is 0 Å². The Balaban J connectivity index is 1.32. The number of carbonyl (C=O) groups is 2. The monoisotopic (exact) mass is 370 g/mol. The van der Waals surface area contributed by atoms with Crippen LogP contribution in [0.15, 0.2) is 24.5 Å². The number of hydrogen-bond donors (Lipinski definition) is 0. The Bertz CT molecular complexity index is 659. The van der Waals surface area contributed by atoms with Crippen LogP contribution in [0.4, 0.5) is 0 Å². The van der Waals surface area contributed by atoms with Crippen molar-refractivity contribution in [3.63, 3.8) is 0 Å². The van der Waals surface area contributed by atoms with E-state index in [1.165, 1.54) is 25.7 Å². The van der Waals surface area contributed by atoms with Crippen LogP contribution in [0.3, 0.4) is 0 Å². The van der Waals surface area contributed by atoms with Gasteiger partial charge in [-0.05, 0) is 37.0 Å². The van der Waals surface area contributed by atoms with Crippen LogP contribution in [-0.2, 0) is 16.1 Å². The number of aromatic nitrogens is 1. The lowest BCUT2D eigenvalue weighted by molar-refractivity contribution is -0.135. The Morgan fingerprint density at radius 1 is 1.04 bits per heavy atom. The number of nitrogens with zero attached hydrogens (tertiary/aromatic N) is 4. The molecule has 0 radical (unpaired) electrons. The minimum atomic E-state index is -0.183. The van der Waals surface area contributed by atoms with Crippen molar-refractivity contribution in [1.29, 1.82) is 0 Å². The van der Waals surface area contributed by atoms with Crippen LogP contribution in [0, 0.1) is 5.92 Å². The Hall–Kier alpha value is -1.95. The number of pyridine rings is 1. The normalized spacial score (nSPS) is 25.2. The first-order valence-electron chi connectivity index (χ1n) is 10.4. The summed E-state index contributed by atoms with van der Waals surface area (Å²) in [6.07, 6.45) is 10.2. The summed E-state index contributed by atoms with van der Waals surface area (Å²) in [5, 5.41) is 0. The van der Waals surface area contributed by atoms with E-state index in [9.17, 15) is 9.59 Å². The van der Waals surface area contributed by atoms with Gasteiger partial charge in [0.2, 0.25) is 11.8 Å². The lowest BCUT2D eigenvalue weighted by Gasteiger charge is -2.28. The molecule has 3 aliphatic rings. The highest BCUT2D eigenvalue weighted by Crippen LogP contribution is 2.26. The first-order chi connectivity index (χ1) is 13.2. The minimum Gasteiger partial charge on any atom is -0.341 e. The second kappa shape index (κ2) is 8.38. The zero-order valence-electron chi connectivity index (χ0n) is 16.1. The molecule has 2 saturated heterocycles. The molecule has 1 aliphatic carbocycles. The summed E-state index contributed by atoms with van der Waals surface area (Å²) in [4.78, 5) is 35.9. The predicted molar refractivity (Wildman–Crippen MR) is 103 cm³/mol. The largest absolute Gasteiger partial charge is 0.341 e. The number of rotatable bonds is 4. The summed E-state index contributed by atoms with van der Waals surface area (Å²) < 4.78 is 0. The van der Waals surface area contributed by atoms with Gasteiger partial charge >= 0.3 is 0 Å². The van der Waals surface area contributed by atoms with Gasteiger partial charge in [-0.2, -0.15) is 0 Å². The maximum absolute atomic E-state index is 13.0. The van der Waals surface area contributed by atoms with Crippen molar-refractivity contribution >= 4 is 11.8 Å². The van der Waals surface area contributed by atoms with Gasteiger partial charge in [-0.3, -0.25) is 19.5 Å². The molecule has 2 amide bonds. The highest BCUT2D eigenvalue weighted by atomic mass is 16.2. The molecule has 1 unspecified atom stereocenters. The molecule has 1 aromatic heterocycles. The SMILES string of the molecule is O=C1CC(C(=O)N2CCCN(C3CCCC3)CC2)CN1Cc1ccncc1. The summed E-state index contributed by atoms with van der Waals surface area (Å²) in [7, 11) is 0. The Morgan fingerprint density at radius 3 is 2.59 bits per heavy atom. The summed E-state index contributed by atoms with van der Waals surface area (Å²) in [5.41, 5.74) is 1.06. The van der Waals surface area contributed by atoms with Crippen molar-refractivity contribution in [2.45, 2.75) is 51.1 Å². The number of carbonyl (C=O) groups excluding carboxylic acids is 2. The highest BCUT2D eigenvalue weighted by Gasteiger charge is 2.37. The van der Waals surface area contributed by atoms with Gasteiger partial charge in [-0.25, -0.2) is 0 Å². The van der Waals surface area contributed by atoms with E-state index >= 15 is 0 Å². The fourth-order valence-electron chi connectivity index (χ4n) is 4.85. The molecule has 4 rings (SSSR count). The van der Waals surface area contributed by atoms with Crippen molar-refractivity contribution in [2.24, 2.45) is 5.92 Å². The maximum Gasteiger partial charge on any atom is 0.228 e. The van der Waals surface area contributed by atoms with Gasteiger partial charge in [-0.1, -0.05) is 12.8 Å². The number of likely N-dealkylation sites (tertiary alicyclic amines) is 1. The molecule has 1 atom stereocenters. The smallest absolute Gasteiger partial charge is 0.228 e. The van der Waals surface area contributed by atoms with Crippen LogP contribution in [0.2, 0.25) is 0 Å². The number of amides is 2. The Morgan fingerprint density at radius 2 is 1.81 bits per heavy atom. The summed E-state index contributed by atoms with van der Waals surface area (Å²) in [5.74, 6) is 0.0822. The predicted octanol–water partition coefficient (Wildman–Crippen LogP) is 1.91. The molecule has 0 spiro atoms. The average molecular weight is 370 g/mol. The molecule has 1 saturated carbocycles. The van der Waals surface area contributed by atoms with Gasteiger partial charge in [0.1, 0.15) is 0 Å². The van der Waals surface area contributed by atoms with E-state index in [1.807, 2.05) is 21.9 Å². The van der Waals surface area contributed by atoms with Crippen molar-refractivity contribution in [1.82, 2.24) is 19.7 Å². The van der Waals surface area contributed by atoms with Gasteiger partial charge < -0.3 is 9.80 Å². The molecule has 146 valence electrons. The van der Waals surface area contributed by atoms with Gasteiger partial charge in [0.15, 0.2) is 0 Å². The zero-order valence-corrected chi connectivity index (χ0v) is 16.1. The number of hydrogen-bond acceptors (Lipinski definition) is 4. The molecular weight excluding hydrogens is 340 g/mol. The molecule has 0 bridgehead atoms. The average Bonchev–Trinajstić information content (AvgIpc) is 3.27. The highest BCUT2D eigenvalue weighted by molar-refractivity contribution is 5.89.